The van der Waals surface area contributed by atoms with Crippen LogP contribution in [0, 0.1) is 40.4 Å². The third-order valence-electron chi connectivity index (χ3n) is 10.7. The van der Waals surface area contributed by atoms with Crippen molar-refractivity contribution in [3.8, 4) is 0 Å². The van der Waals surface area contributed by atoms with Gasteiger partial charge in [-0.3, -0.25) is 4.79 Å². The molecule has 4 aliphatic rings. The molecule has 5 heteroatoms. The van der Waals surface area contributed by atoms with E-state index in [2.05, 4.69) is 45.7 Å². The first-order valence-electron chi connectivity index (χ1n) is 13.0. The number of carbonyl (C=O) groups is 1. The number of nitrogen functional groups attached to an aromatic ring is 1. The molecule has 1 heterocycles. The Morgan fingerprint density at radius 3 is 2.70 bits per heavy atom. The van der Waals surface area contributed by atoms with E-state index in [0.29, 0.717) is 35.5 Å². The summed E-state index contributed by atoms with van der Waals surface area (Å²) in [5.41, 5.74) is 10.3. The molecule has 4 aliphatic carbocycles. The van der Waals surface area contributed by atoms with Gasteiger partial charge in [-0.2, -0.15) is 0 Å². The van der Waals surface area contributed by atoms with Crippen LogP contribution in [-0.2, 0) is 16.6 Å². The number of hydrogen-bond donors (Lipinski definition) is 2. The van der Waals surface area contributed by atoms with Gasteiger partial charge in [0.15, 0.2) is 0 Å². The van der Waals surface area contributed by atoms with Crippen LogP contribution < -0.4 is 5.73 Å². The standard InChI is InChI=1S/C28H41N3O2/c1-16(6-11-23(32)33)19-8-9-20-18-7-10-22-26(2,3)24-17(15-30-25(29)31-24)14-28(22,5)21(18)12-13-27(19,20)4/h10,15-16,18-21H,6-9,11-14H2,1-5H3,(H,32,33)(H2,29,30,31)/t16-,18+,19-,20+,21+,27-,28-/m1/s1. The molecular weight excluding hydrogens is 410 g/mol. The van der Waals surface area contributed by atoms with Crippen molar-refractivity contribution >= 4 is 11.9 Å². The Morgan fingerprint density at radius 1 is 1.21 bits per heavy atom. The zero-order valence-electron chi connectivity index (χ0n) is 21.0. The lowest BCUT2D eigenvalue weighted by Crippen LogP contribution is -2.54. The number of carboxylic acids is 1. The molecule has 7 atom stereocenters. The minimum absolute atomic E-state index is 0.116. The van der Waals surface area contributed by atoms with Gasteiger partial charge in [-0.1, -0.05) is 46.3 Å². The Morgan fingerprint density at radius 2 is 1.97 bits per heavy atom. The van der Waals surface area contributed by atoms with Crippen LogP contribution >= 0.6 is 0 Å². The summed E-state index contributed by atoms with van der Waals surface area (Å²) in [6, 6.07) is 0. The van der Waals surface area contributed by atoms with E-state index in [1.54, 1.807) is 5.57 Å². The second kappa shape index (κ2) is 7.55. The molecule has 180 valence electrons. The van der Waals surface area contributed by atoms with E-state index in [9.17, 15) is 9.90 Å². The predicted molar refractivity (Wildman–Crippen MR) is 131 cm³/mol. The number of anilines is 1. The SMILES string of the molecule is C[C@H](CCC(=O)O)[C@H]1CC[C@H]2[C@@H]3CC=C4C(C)(C)c5nc(N)ncc5C[C@]4(C)[C@H]3CC[C@]12C. The highest BCUT2D eigenvalue weighted by Crippen LogP contribution is 2.68. The number of nitrogens with zero attached hydrogens (tertiary/aromatic N) is 2. The maximum atomic E-state index is 11.2. The maximum absolute atomic E-state index is 11.2. The minimum Gasteiger partial charge on any atom is -0.481 e. The molecule has 5 rings (SSSR count). The zero-order valence-corrected chi connectivity index (χ0v) is 21.0. The van der Waals surface area contributed by atoms with Gasteiger partial charge in [-0.15, -0.1) is 0 Å². The van der Waals surface area contributed by atoms with Crippen LogP contribution in [0.4, 0.5) is 5.95 Å². The molecule has 1 aromatic rings. The second-order valence-corrected chi connectivity index (χ2v) is 12.7. The van der Waals surface area contributed by atoms with Crippen molar-refractivity contribution in [3.63, 3.8) is 0 Å². The van der Waals surface area contributed by atoms with Gasteiger partial charge in [0.25, 0.3) is 0 Å². The monoisotopic (exact) mass is 451 g/mol. The third kappa shape index (κ3) is 3.28. The average molecular weight is 452 g/mol. The fraction of sp³-hybridized carbons (Fsp3) is 0.750. The Balaban J connectivity index is 1.46. The summed E-state index contributed by atoms with van der Waals surface area (Å²) in [6.07, 6.45) is 13.0. The Hall–Kier alpha value is -1.91. The predicted octanol–water partition coefficient (Wildman–Crippen LogP) is 5.79. The van der Waals surface area contributed by atoms with Crippen molar-refractivity contribution < 1.29 is 9.90 Å². The Kier molecular flexibility index (Phi) is 5.23. The van der Waals surface area contributed by atoms with Crippen molar-refractivity contribution in [3.05, 3.63) is 29.1 Å². The van der Waals surface area contributed by atoms with E-state index in [-0.39, 0.29) is 10.8 Å². The highest BCUT2D eigenvalue weighted by molar-refractivity contribution is 5.66. The van der Waals surface area contributed by atoms with Crippen LogP contribution in [0.3, 0.4) is 0 Å². The number of carboxylic acid groups (broad SMARTS) is 1. The summed E-state index contributed by atoms with van der Waals surface area (Å²) in [4.78, 5) is 20.2. The molecule has 2 fully saturated rings. The first-order chi connectivity index (χ1) is 15.5. The summed E-state index contributed by atoms with van der Waals surface area (Å²) in [7, 11) is 0. The van der Waals surface area contributed by atoms with Crippen molar-refractivity contribution in [2.75, 3.05) is 5.73 Å². The molecule has 0 radical (unpaired) electrons. The first kappa shape index (κ1) is 22.9. The lowest BCUT2D eigenvalue weighted by molar-refractivity contribution is -0.137. The quantitative estimate of drug-likeness (QED) is 0.566. The highest BCUT2D eigenvalue weighted by Gasteiger charge is 2.61. The molecule has 3 N–H and O–H groups in total. The van der Waals surface area contributed by atoms with Gasteiger partial charge < -0.3 is 10.8 Å². The van der Waals surface area contributed by atoms with Crippen molar-refractivity contribution in [2.45, 2.75) is 91.4 Å². The van der Waals surface area contributed by atoms with Crippen molar-refractivity contribution in [2.24, 2.45) is 40.4 Å². The number of fused-ring (bicyclic) bond motifs is 6. The Bertz CT molecular complexity index is 1000. The summed E-state index contributed by atoms with van der Waals surface area (Å²) >= 11 is 0. The van der Waals surface area contributed by atoms with Gasteiger partial charge in [0.1, 0.15) is 0 Å². The molecule has 0 aliphatic heterocycles. The molecule has 0 aromatic carbocycles. The van der Waals surface area contributed by atoms with E-state index in [1.807, 2.05) is 6.20 Å². The average Bonchev–Trinajstić information content (AvgIpc) is 3.10. The lowest BCUT2D eigenvalue weighted by Gasteiger charge is -2.60. The van der Waals surface area contributed by atoms with Gasteiger partial charge >= 0.3 is 5.97 Å². The van der Waals surface area contributed by atoms with Gasteiger partial charge in [0.2, 0.25) is 5.95 Å². The van der Waals surface area contributed by atoms with Crippen LogP contribution in [0.25, 0.3) is 0 Å². The zero-order chi connectivity index (χ0) is 23.8. The van der Waals surface area contributed by atoms with Gasteiger partial charge in [0, 0.05) is 18.0 Å². The molecule has 33 heavy (non-hydrogen) atoms. The van der Waals surface area contributed by atoms with Crippen LogP contribution in [-0.4, -0.2) is 21.0 Å². The van der Waals surface area contributed by atoms with Crippen LogP contribution in [0.15, 0.2) is 17.8 Å². The Labute approximate surface area is 198 Å². The van der Waals surface area contributed by atoms with E-state index in [0.717, 1.165) is 30.4 Å². The van der Waals surface area contributed by atoms with Crippen molar-refractivity contribution in [1.29, 1.82) is 0 Å². The van der Waals surface area contributed by atoms with Crippen molar-refractivity contribution in [1.82, 2.24) is 9.97 Å². The smallest absolute Gasteiger partial charge is 0.303 e. The summed E-state index contributed by atoms with van der Waals surface area (Å²) < 4.78 is 0. The molecule has 0 unspecified atom stereocenters. The van der Waals surface area contributed by atoms with Gasteiger partial charge in [0.05, 0.1) is 5.69 Å². The molecule has 0 spiro atoms. The molecule has 5 nitrogen and oxygen atoms in total. The molecule has 0 saturated heterocycles. The molecule has 0 amide bonds. The summed E-state index contributed by atoms with van der Waals surface area (Å²) in [5.74, 6) is 3.02. The molecule has 1 aromatic heterocycles. The van der Waals surface area contributed by atoms with Crippen LogP contribution in [0.5, 0.6) is 0 Å². The second-order valence-electron chi connectivity index (χ2n) is 12.7. The maximum Gasteiger partial charge on any atom is 0.303 e. The number of nitrogens with two attached hydrogens (primary N) is 1. The first-order valence-corrected chi connectivity index (χ1v) is 13.0. The fourth-order valence-corrected chi connectivity index (χ4v) is 9.43. The topological polar surface area (TPSA) is 89.1 Å². The highest BCUT2D eigenvalue weighted by atomic mass is 16.4. The minimum atomic E-state index is -0.658. The van der Waals surface area contributed by atoms with E-state index < -0.39 is 5.97 Å². The van der Waals surface area contributed by atoms with Crippen LogP contribution in [0.1, 0.15) is 90.8 Å². The number of aliphatic carboxylic acids is 1. The largest absolute Gasteiger partial charge is 0.481 e. The summed E-state index contributed by atoms with van der Waals surface area (Å²) in [6.45, 7) is 12.0. The van der Waals surface area contributed by atoms with E-state index >= 15 is 0 Å². The molecule has 0 bridgehead atoms. The van der Waals surface area contributed by atoms with Gasteiger partial charge in [-0.05, 0) is 90.9 Å². The number of hydrogen-bond acceptors (Lipinski definition) is 4. The van der Waals surface area contributed by atoms with Gasteiger partial charge in [-0.25, -0.2) is 9.97 Å². The lowest BCUT2D eigenvalue weighted by atomic mass is 9.44. The number of allylic oxidation sites excluding steroid dienone is 2. The van der Waals surface area contributed by atoms with E-state index in [1.165, 1.54) is 37.7 Å². The molecular formula is C28H41N3O2. The third-order valence-corrected chi connectivity index (χ3v) is 10.7. The van der Waals surface area contributed by atoms with E-state index in [4.69, 9.17) is 10.7 Å². The summed E-state index contributed by atoms with van der Waals surface area (Å²) in [5, 5.41) is 9.20. The van der Waals surface area contributed by atoms with Crippen LogP contribution in [0.2, 0.25) is 0 Å². The molecule has 2 saturated carbocycles. The fourth-order valence-electron chi connectivity index (χ4n) is 9.43. The number of rotatable bonds is 4. The number of aromatic nitrogens is 2. The normalized spacial score (nSPS) is 39.5.